The summed E-state index contributed by atoms with van der Waals surface area (Å²) in [5.41, 5.74) is 3.12. The van der Waals surface area contributed by atoms with Crippen molar-refractivity contribution in [2.45, 2.75) is 13.8 Å². The van der Waals surface area contributed by atoms with E-state index in [9.17, 15) is 0 Å². The zero-order chi connectivity index (χ0) is 11.8. The van der Waals surface area contributed by atoms with Gasteiger partial charge in [-0.15, -0.1) is 11.3 Å². The molecule has 84 valence electrons. The minimum Gasteiger partial charge on any atom is -0.247 e. The number of fused-ring (bicyclic) bond motifs is 1. The van der Waals surface area contributed by atoms with E-state index in [1.165, 1.54) is 10.3 Å². The number of para-hydroxylation sites is 1. The van der Waals surface area contributed by atoms with Crippen molar-refractivity contribution in [2.24, 2.45) is 0 Å². The molecule has 17 heavy (non-hydrogen) atoms. The maximum atomic E-state index is 4.69. The molecule has 0 fully saturated rings. The van der Waals surface area contributed by atoms with Gasteiger partial charge in [0.1, 0.15) is 0 Å². The molecule has 0 radical (unpaired) electrons. The molecule has 0 atom stereocenters. The topological polar surface area (TPSA) is 25.8 Å². The van der Waals surface area contributed by atoms with Gasteiger partial charge in [0.2, 0.25) is 0 Å². The second-order valence-corrected chi connectivity index (χ2v) is 5.24. The minimum absolute atomic E-state index is 1.02. The van der Waals surface area contributed by atoms with Crippen molar-refractivity contribution in [3.05, 3.63) is 47.1 Å². The first-order chi connectivity index (χ1) is 8.24. The maximum Gasteiger partial charge on any atom is 0.0904 e. The summed E-state index contributed by atoms with van der Waals surface area (Å²) in [5.74, 6) is 0. The zero-order valence-corrected chi connectivity index (χ0v) is 10.6. The quantitative estimate of drug-likeness (QED) is 0.643. The van der Waals surface area contributed by atoms with E-state index >= 15 is 0 Å². The maximum absolute atomic E-state index is 4.69. The minimum atomic E-state index is 1.02. The number of aryl methyl sites for hydroxylation is 2. The zero-order valence-electron chi connectivity index (χ0n) is 9.77. The van der Waals surface area contributed by atoms with Gasteiger partial charge >= 0.3 is 0 Å². The van der Waals surface area contributed by atoms with Gasteiger partial charge in [-0.3, -0.25) is 0 Å². The highest BCUT2D eigenvalue weighted by atomic mass is 32.1. The lowest BCUT2D eigenvalue weighted by atomic mass is 10.2. The second kappa shape index (κ2) is 3.93. The van der Waals surface area contributed by atoms with E-state index < -0.39 is 0 Å². The summed E-state index contributed by atoms with van der Waals surface area (Å²) in [4.78, 5) is 10.3. The number of nitrogens with zero attached hydrogens (tertiary/aromatic N) is 2. The number of hydrogen-bond donors (Lipinski definition) is 0. The van der Waals surface area contributed by atoms with Crippen molar-refractivity contribution >= 4 is 22.2 Å². The van der Waals surface area contributed by atoms with E-state index in [0.29, 0.717) is 0 Å². The van der Waals surface area contributed by atoms with Crippen LogP contribution in [0.2, 0.25) is 0 Å². The Bertz CT molecular complexity index is 686. The standard InChI is InChI=1S/C14H12N2S/c1-9-14(17-10(2)15-9)13-8-7-11-5-3-4-6-12(11)16-13/h3-8H,1-2H3. The number of benzene rings is 1. The highest BCUT2D eigenvalue weighted by Crippen LogP contribution is 2.29. The SMILES string of the molecule is Cc1nc(C)c(-c2ccc3ccccc3n2)s1. The Morgan fingerprint density at radius 1 is 0.941 bits per heavy atom. The van der Waals surface area contributed by atoms with E-state index in [1.807, 2.05) is 32.0 Å². The fourth-order valence-corrected chi connectivity index (χ4v) is 2.85. The van der Waals surface area contributed by atoms with E-state index in [4.69, 9.17) is 4.98 Å². The first-order valence-electron chi connectivity index (χ1n) is 5.54. The van der Waals surface area contributed by atoms with Crippen LogP contribution in [0.1, 0.15) is 10.7 Å². The second-order valence-electron chi connectivity index (χ2n) is 4.04. The highest BCUT2D eigenvalue weighted by molar-refractivity contribution is 7.15. The molecule has 0 amide bonds. The van der Waals surface area contributed by atoms with Crippen LogP contribution in [-0.2, 0) is 0 Å². The summed E-state index contributed by atoms with van der Waals surface area (Å²) in [6.45, 7) is 4.07. The number of thiazole rings is 1. The van der Waals surface area contributed by atoms with Crippen LogP contribution in [0.4, 0.5) is 0 Å². The Kier molecular flexibility index (Phi) is 2.41. The summed E-state index contributed by atoms with van der Waals surface area (Å²) >= 11 is 1.70. The van der Waals surface area contributed by atoms with E-state index in [0.717, 1.165) is 21.9 Å². The predicted molar refractivity (Wildman–Crippen MR) is 72.3 cm³/mol. The van der Waals surface area contributed by atoms with Crippen molar-refractivity contribution in [3.63, 3.8) is 0 Å². The molecular formula is C14H12N2S. The molecule has 0 aliphatic heterocycles. The molecule has 2 heterocycles. The molecule has 0 saturated heterocycles. The van der Waals surface area contributed by atoms with Crippen LogP contribution in [0.15, 0.2) is 36.4 Å². The normalized spacial score (nSPS) is 10.9. The van der Waals surface area contributed by atoms with Crippen LogP contribution >= 0.6 is 11.3 Å². The van der Waals surface area contributed by atoms with Crippen LogP contribution in [0.3, 0.4) is 0 Å². The number of rotatable bonds is 1. The van der Waals surface area contributed by atoms with Gasteiger partial charge in [-0.05, 0) is 26.0 Å². The van der Waals surface area contributed by atoms with Crippen molar-refractivity contribution in [3.8, 4) is 10.6 Å². The van der Waals surface area contributed by atoms with Gasteiger partial charge in [0, 0.05) is 5.39 Å². The smallest absolute Gasteiger partial charge is 0.0904 e. The van der Waals surface area contributed by atoms with E-state index in [1.54, 1.807) is 11.3 Å². The highest BCUT2D eigenvalue weighted by Gasteiger charge is 2.08. The molecule has 0 unspecified atom stereocenters. The molecule has 0 aliphatic carbocycles. The first-order valence-corrected chi connectivity index (χ1v) is 6.36. The molecule has 3 heteroatoms. The Morgan fingerprint density at radius 3 is 2.53 bits per heavy atom. The summed E-state index contributed by atoms with van der Waals surface area (Å²) in [6, 6.07) is 12.4. The third-order valence-electron chi connectivity index (χ3n) is 2.73. The Labute approximate surface area is 104 Å². The fourth-order valence-electron chi connectivity index (χ4n) is 1.96. The molecule has 3 aromatic rings. The van der Waals surface area contributed by atoms with Gasteiger partial charge in [-0.1, -0.05) is 24.3 Å². The van der Waals surface area contributed by atoms with Gasteiger partial charge < -0.3 is 0 Å². The lowest BCUT2D eigenvalue weighted by Crippen LogP contribution is -1.84. The molecule has 0 spiro atoms. The monoisotopic (exact) mass is 240 g/mol. The average Bonchev–Trinajstić information content (AvgIpc) is 2.68. The van der Waals surface area contributed by atoms with Crippen LogP contribution in [-0.4, -0.2) is 9.97 Å². The van der Waals surface area contributed by atoms with Gasteiger partial charge in [0.15, 0.2) is 0 Å². The van der Waals surface area contributed by atoms with Gasteiger partial charge in [0.25, 0.3) is 0 Å². The van der Waals surface area contributed by atoms with Crippen LogP contribution in [0.5, 0.6) is 0 Å². The number of aromatic nitrogens is 2. The van der Waals surface area contributed by atoms with E-state index in [2.05, 4.69) is 23.2 Å². The Hall–Kier alpha value is -1.74. The molecule has 0 N–H and O–H groups in total. The number of hydrogen-bond acceptors (Lipinski definition) is 3. The third kappa shape index (κ3) is 1.83. The summed E-state index contributed by atoms with van der Waals surface area (Å²) in [5, 5.41) is 2.27. The number of pyridine rings is 1. The molecule has 0 bridgehead atoms. The molecule has 0 saturated carbocycles. The van der Waals surface area contributed by atoms with Crippen molar-refractivity contribution in [1.29, 1.82) is 0 Å². The predicted octanol–water partition coefficient (Wildman–Crippen LogP) is 3.98. The summed E-state index contributed by atoms with van der Waals surface area (Å²) in [6.07, 6.45) is 0. The summed E-state index contributed by atoms with van der Waals surface area (Å²) in [7, 11) is 0. The molecule has 1 aromatic carbocycles. The van der Waals surface area contributed by atoms with Crippen LogP contribution < -0.4 is 0 Å². The van der Waals surface area contributed by atoms with Gasteiger partial charge in [-0.2, -0.15) is 0 Å². The third-order valence-corrected chi connectivity index (χ3v) is 3.83. The van der Waals surface area contributed by atoms with Crippen molar-refractivity contribution < 1.29 is 0 Å². The molecule has 2 aromatic heterocycles. The Morgan fingerprint density at radius 2 is 1.76 bits per heavy atom. The van der Waals surface area contributed by atoms with Gasteiger partial charge in [-0.25, -0.2) is 9.97 Å². The first kappa shape index (κ1) is 10.4. The van der Waals surface area contributed by atoms with Crippen LogP contribution in [0, 0.1) is 13.8 Å². The fraction of sp³-hybridized carbons (Fsp3) is 0.143. The average molecular weight is 240 g/mol. The largest absolute Gasteiger partial charge is 0.247 e. The lowest BCUT2D eigenvalue weighted by molar-refractivity contribution is 1.20. The lowest BCUT2D eigenvalue weighted by Gasteiger charge is -2.01. The van der Waals surface area contributed by atoms with E-state index in [-0.39, 0.29) is 0 Å². The molecular weight excluding hydrogens is 228 g/mol. The molecule has 3 rings (SSSR count). The van der Waals surface area contributed by atoms with Crippen molar-refractivity contribution in [2.75, 3.05) is 0 Å². The molecule has 0 aliphatic rings. The van der Waals surface area contributed by atoms with Gasteiger partial charge in [0.05, 0.1) is 26.8 Å². The van der Waals surface area contributed by atoms with Crippen LogP contribution in [0.25, 0.3) is 21.5 Å². The molecule has 2 nitrogen and oxygen atoms in total. The van der Waals surface area contributed by atoms with Crippen molar-refractivity contribution in [1.82, 2.24) is 9.97 Å². The summed E-state index contributed by atoms with van der Waals surface area (Å²) < 4.78 is 0. The Balaban J connectivity index is 2.21.